The molecule has 0 atom stereocenters. The molecule has 0 bridgehead atoms. The summed E-state index contributed by atoms with van der Waals surface area (Å²) in [5.41, 5.74) is 0. The third-order valence-corrected chi connectivity index (χ3v) is 0. The molecule has 6 heteroatoms. The van der Waals surface area contributed by atoms with Gasteiger partial charge in [-0.1, -0.05) is 0 Å². The molecule has 40 valence electrons. The van der Waals surface area contributed by atoms with Crippen LogP contribution in [-0.2, 0) is 25.0 Å². The quantitative estimate of drug-likeness (QED) is 0.448. The molecule has 0 saturated heterocycles. The standard InChI is InChI=1S/CH2O3.H3N.O.Zn/c2-1(3)4;;;/h(H2,2,3,4);1H3;;/q;;-2;+2. The molecule has 0 aromatic carbocycles. The van der Waals surface area contributed by atoms with Crippen molar-refractivity contribution in [2.75, 3.05) is 0 Å². The minimum Gasteiger partial charge on any atom is -2.00 e. The van der Waals surface area contributed by atoms with Crippen molar-refractivity contribution in [1.29, 1.82) is 0 Å². The van der Waals surface area contributed by atoms with Crippen LogP contribution in [0, 0.1) is 0 Å². The van der Waals surface area contributed by atoms with E-state index >= 15 is 0 Å². The first-order valence-corrected chi connectivity index (χ1v) is 0.632. The van der Waals surface area contributed by atoms with Crippen LogP contribution in [0.4, 0.5) is 4.79 Å². The number of quaternary nitrogens is 1. The fourth-order valence-corrected chi connectivity index (χ4v) is 0. The number of hydrogen-bond acceptors (Lipinski definition) is 2. The van der Waals surface area contributed by atoms with Gasteiger partial charge in [-0.25, -0.2) is 0 Å². The number of carboxylic acid groups (broad SMARTS) is 2. The molecule has 0 aromatic heterocycles. The predicted molar refractivity (Wildman–Crippen MR) is 14.7 cm³/mol. The molecular formula is CH5NO4Zn. The monoisotopic (exact) mass is 159 g/mol. The maximum Gasteiger partial charge on any atom is 2.00 e. The van der Waals surface area contributed by atoms with Crippen molar-refractivity contribution in [2.24, 2.45) is 0 Å². The Morgan fingerprint density at radius 1 is 1.57 bits per heavy atom. The average Bonchev–Trinajstić information content (AvgIpc) is 0.811. The summed E-state index contributed by atoms with van der Waals surface area (Å²) in [5.74, 6) is 0. The first-order valence-electron chi connectivity index (χ1n) is 0.632. The molecule has 0 aromatic rings. The zero-order valence-electron chi connectivity index (χ0n) is 3.88. The first kappa shape index (κ1) is 29.1. The third kappa shape index (κ3) is 2430. The average molecular weight is 160 g/mol. The zero-order chi connectivity index (χ0) is 3.58. The predicted octanol–water partition coefficient (Wildman–Crippen LogP) is -0.857. The second kappa shape index (κ2) is 17.0. The van der Waals surface area contributed by atoms with Crippen LogP contribution >= 0.6 is 0 Å². The van der Waals surface area contributed by atoms with E-state index < -0.39 is 6.16 Å². The summed E-state index contributed by atoms with van der Waals surface area (Å²) in [5, 5.41) is 15.3. The van der Waals surface area contributed by atoms with Gasteiger partial charge < -0.3 is 26.6 Å². The van der Waals surface area contributed by atoms with Crippen LogP contribution in [0.5, 0.6) is 0 Å². The summed E-state index contributed by atoms with van der Waals surface area (Å²) in [6.45, 7) is 0. The van der Waals surface area contributed by atoms with Crippen LogP contribution in [0.2, 0.25) is 0 Å². The molecule has 0 aliphatic heterocycles. The van der Waals surface area contributed by atoms with Crippen molar-refractivity contribution in [3.63, 3.8) is 0 Å². The molecule has 0 fully saturated rings. The molecule has 0 heterocycles. The Labute approximate surface area is 53.0 Å². The zero-order valence-corrected chi connectivity index (χ0v) is 6.85. The molecule has 5 N–H and O–H groups in total. The Kier molecular flexibility index (Phi) is 70.7. The normalized spacial score (nSPS) is 3.43. The van der Waals surface area contributed by atoms with E-state index in [9.17, 15) is 0 Å². The van der Waals surface area contributed by atoms with Crippen LogP contribution < -0.4 is 11.3 Å². The molecule has 7 heavy (non-hydrogen) atoms. The molecule has 0 aliphatic rings. The van der Waals surface area contributed by atoms with Gasteiger partial charge in [0.25, 0.3) is 0 Å². The molecule has 0 aliphatic carbocycles. The Balaban J connectivity index is -0.0000000150. The molecule has 0 amide bonds. The van der Waals surface area contributed by atoms with Gasteiger partial charge in [0.05, 0.1) is 0 Å². The van der Waals surface area contributed by atoms with Gasteiger partial charge in [-0.2, -0.15) is 0 Å². The van der Waals surface area contributed by atoms with E-state index in [-0.39, 0.29) is 31.1 Å². The number of hydrogen-bond donors (Lipinski definition) is 2. The summed E-state index contributed by atoms with van der Waals surface area (Å²) in [4.78, 5) is 8.44. The fourth-order valence-electron chi connectivity index (χ4n) is 0. The molecule has 0 spiro atoms. The van der Waals surface area contributed by atoms with Crippen molar-refractivity contribution in [2.45, 2.75) is 0 Å². The van der Waals surface area contributed by atoms with E-state index in [4.69, 9.17) is 15.0 Å². The molecular weight excluding hydrogens is 155 g/mol. The van der Waals surface area contributed by atoms with E-state index in [1.54, 1.807) is 0 Å². The smallest absolute Gasteiger partial charge is 2.00 e. The number of rotatable bonds is 0. The van der Waals surface area contributed by atoms with E-state index in [0.717, 1.165) is 0 Å². The van der Waals surface area contributed by atoms with Crippen LogP contribution in [0.15, 0.2) is 0 Å². The van der Waals surface area contributed by atoms with Crippen LogP contribution in [0.1, 0.15) is 0 Å². The van der Waals surface area contributed by atoms with Gasteiger partial charge in [-0.15, -0.1) is 0 Å². The summed E-state index contributed by atoms with van der Waals surface area (Å²) in [7, 11) is 0. The van der Waals surface area contributed by atoms with Gasteiger partial charge in [-0.05, 0) is 0 Å². The van der Waals surface area contributed by atoms with E-state index in [1.807, 2.05) is 0 Å². The summed E-state index contributed by atoms with van der Waals surface area (Å²) in [6, 6.07) is 0. The van der Waals surface area contributed by atoms with Crippen molar-refractivity contribution in [3.8, 4) is 0 Å². The van der Waals surface area contributed by atoms with Gasteiger partial charge in [0.1, 0.15) is 0 Å². The van der Waals surface area contributed by atoms with Crippen molar-refractivity contribution in [3.05, 3.63) is 0 Å². The van der Waals surface area contributed by atoms with Crippen LogP contribution in [0.3, 0.4) is 0 Å². The Morgan fingerprint density at radius 3 is 1.57 bits per heavy atom. The van der Waals surface area contributed by atoms with E-state index in [0.29, 0.717) is 0 Å². The Morgan fingerprint density at radius 2 is 1.57 bits per heavy atom. The summed E-state index contributed by atoms with van der Waals surface area (Å²) < 4.78 is 0. The maximum atomic E-state index is 8.44. The topological polar surface area (TPSA) is 125 Å². The molecule has 0 radical (unpaired) electrons. The van der Waals surface area contributed by atoms with Gasteiger partial charge in [0.15, 0.2) is 0 Å². The summed E-state index contributed by atoms with van der Waals surface area (Å²) >= 11 is 0. The Bertz CT molecular complexity index is 34.7. The van der Waals surface area contributed by atoms with Crippen molar-refractivity contribution >= 4 is 6.16 Å². The minimum atomic E-state index is -2.08. The second-order valence-corrected chi connectivity index (χ2v) is 0.266. The Hall–Kier alpha value is -0.187. The molecule has 0 rings (SSSR count). The molecule has 0 saturated carbocycles. The van der Waals surface area contributed by atoms with Gasteiger partial charge in [-0.3, -0.25) is 0 Å². The SMILES string of the molecule is O=C([O-])O.[NH4+].[O-2].[Zn+2]. The largest absolute Gasteiger partial charge is 2.00 e. The van der Waals surface area contributed by atoms with Gasteiger partial charge in [0.2, 0.25) is 6.16 Å². The summed E-state index contributed by atoms with van der Waals surface area (Å²) in [6.07, 6.45) is -2.08. The van der Waals surface area contributed by atoms with Crippen molar-refractivity contribution < 1.29 is 40.0 Å². The van der Waals surface area contributed by atoms with E-state index in [1.165, 1.54) is 0 Å². The minimum absolute atomic E-state index is 0. The second-order valence-electron chi connectivity index (χ2n) is 0.266. The van der Waals surface area contributed by atoms with Gasteiger partial charge in [0, 0.05) is 0 Å². The van der Waals surface area contributed by atoms with Crippen molar-refractivity contribution in [1.82, 2.24) is 6.15 Å². The van der Waals surface area contributed by atoms with Crippen LogP contribution in [0.25, 0.3) is 0 Å². The molecule has 0 unspecified atom stereocenters. The third-order valence-electron chi connectivity index (χ3n) is 0. The van der Waals surface area contributed by atoms with E-state index in [2.05, 4.69) is 0 Å². The number of carbonyl (C=O) groups is 1. The van der Waals surface area contributed by atoms with Gasteiger partial charge >= 0.3 is 19.5 Å². The molecule has 5 nitrogen and oxygen atoms in total. The van der Waals surface area contributed by atoms with Crippen LogP contribution in [-0.4, -0.2) is 11.3 Å². The maximum absolute atomic E-state index is 8.44. The first-order chi connectivity index (χ1) is 1.73. The fraction of sp³-hybridized carbons (Fsp3) is 0.